The van der Waals surface area contributed by atoms with Gasteiger partial charge in [-0.3, -0.25) is 4.79 Å². The van der Waals surface area contributed by atoms with Gasteiger partial charge in [-0.05, 0) is 24.6 Å². The van der Waals surface area contributed by atoms with Gasteiger partial charge in [-0.2, -0.15) is 0 Å². The monoisotopic (exact) mass is 349 g/mol. The number of aliphatic carboxylic acids is 1. The van der Waals surface area contributed by atoms with Crippen molar-refractivity contribution in [2.45, 2.75) is 45.3 Å². The Bertz CT molecular complexity index is 701. The van der Waals surface area contributed by atoms with Crippen LogP contribution in [-0.2, 0) is 20.7 Å². The summed E-state index contributed by atoms with van der Waals surface area (Å²) < 4.78 is 16.2. The fourth-order valence-electron chi connectivity index (χ4n) is 3.56. The molecule has 0 saturated heterocycles. The molecule has 0 bridgehead atoms. The minimum atomic E-state index is -1.32. The van der Waals surface area contributed by atoms with E-state index in [9.17, 15) is 14.7 Å². The van der Waals surface area contributed by atoms with Gasteiger partial charge in [0.1, 0.15) is 5.54 Å². The first-order valence-electron chi connectivity index (χ1n) is 8.34. The normalized spacial score (nSPS) is 26.0. The number of carboxylic acids is 1. The summed E-state index contributed by atoms with van der Waals surface area (Å²) in [5, 5.41) is 12.5. The Kier molecular flexibility index (Phi) is 4.36. The zero-order valence-electron chi connectivity index (χ0n) is 14.6. The maximum atomic E-state index is 12.5. The second kappa shape index (κ2) is 6.22. The summed E-state index contributed by atoms with van der Waals surface area (Å²) in [5.74, 6) is -0.138. The molecule has 1 aromatic rings. The summed E-state index contributed by atoms with van der Waals surface area (Å²) >= 11 is 0. The number of fused-ring (bicyclic) bond motifs is 1. The van der Waals surface area contributed by atoms with Crippen LogP contribution in [-0.4, -0.2) is 42.0 Å². The van der Waals surface area contributed by atoms with Crippen LogP contribution in [0.3, 0.4) is 0 Å². The second-order valence-corrected chi connectivity index (χ2v) is 6.99. The van der Waals surface area contributed by atoms with Crippen LogP contribution in [0.25, 0.3) is 0 Å². The van der Waals surface area contributed by atoms with Crippen molar-refractivity contribution >= 4 is 11.9 Å². The molecule has 25 heavy (non-hydrogen) atoms. The average molecular weight is 349 g/mol. The molecule has 1 saturated carbocycles. The lowest BCUT2D eigenvalue weighted by atomic mass is 9.54. The summed E-state index contributed by atoms with van der Waals surface area (Å²) in [7, 11) is 0. The molecule has 136 valence electrons. The number of carbonyl (C=O) groups is 2. The molecule has 1 amide bonds. The third-order valence-corrected chi connectivity index (χ3v) is 5.28. The van der Waals surface area contributed by atoms with Gasteiger partial charge in [0, 0.05) is 18.4 Å². The number of carboxylic acid groups (broad SMARTS) is 1. The van der Waals surface area contributed by atoms with E-state index in [2.05, 4.69) is 5.32 Å². The predicted octanol–water partition coefficient (Wildman–Crippen LogP) is 1.73. The number of benzene rings is 1. The van der Waals surface area contributed by atoms with Crippen LogP contribution in [0.1, 0.15) is 32.8 Å². The molecular formula is C18H23NO6. The van der Waals surface area contributed by atoms with Crippen LogP contribution in [0.4, 0.5) is 0 Å². The van der Waals surface area contributed by atoms with Crippen LogP contribution >= 0.6 is 0 Å². The van der Waals surface area contributed by atoms with E-state index in [0.29, 0.717) is 18.1 Å². The standard InChI is InChI=1S/C18H23NO6/c1-4-23-14-9-18(16(21)22,17(14,2)3)19-15(20)8-11-5-6-12-13(7-11)25-10-24-12/h5-7,14H,4,8-10H2,1-3H3,(H,19,20)(H,21,22). The fourth-order valence-corrected chi connectivity index (χ4v) is 3.56. The van der Waals surface area contributed by atoms with Gasteiger partial charge in [-0.1, -0.05) is 19.9 Å². The molecule has 1 aliphatic heterocycles. The number of nitrogens with one attached hydrogen (secondary N) is 1. The zero-order valence-corrected chi connectivity index (χ0v) is 14.6. The molecule has 2 aliphatic rings. The molecule has 0 aromatic heterocycles. The summed E-state index contributed by atoms with van der Waals surface area (Å²) in [6.07, 6.45) is 0.136. The number of amides is 1. The van der Waals surface area contributed by atoms with Crippen LogP contribution in [0, 0.1) is 5.41 Å². The van der Waals surface area contributed by atoms with Crippen molar-refractivity contribution in [3.05, 3.63) is 23.8 Å². The quantitative estimate of drug-likeness (QED) is 0.812. The summed E-state index contributed by atoms with van der Waals surface area (Å²) in [5.41, 5.74) is -1.28. The van der Waals surface area contributed by atoms with Gasteiger partial charge in [-0.25, -0.2) is 4.79 Å². The van der Waals surface area contributed by atoms with Crippen molar-refractivity contribution in [2.24, 2.45) is 5.41 Å². The van der Waals surface area contributed by atoms with Crippen LogP contribution in [0.5, 0.6) is 11.5 Å². The number of hydrogen-bond donors (Lipinski definition) is 2. The first-order valence-corrected chi connectivity index (χ1v) is 8.34. The highest BCUT2D eigenvalue weighted by molar-refractivity contribution is 5.90. The molecule has 1 heterocycles. The van der Waals surface area contributed by atoms with E-state index in [1.807, 2.05) is 20.8 Å². The predicted molar refractivity (Wildman–Crippen MR) is 88.6 cm³/mol. The smallest absolute Gasteiger partial charge is 0.330 e. The number of rotatable bonds is 6. The number of hydrogen-bond acceptors (Lipinski definition) is 5. The Morgan fingerprint density at radius 1 is 1.32 bits per heavy atom. The molecule has 3 rings (SSSR count). The molecule has 1 aromatic carbocycles. The molecule has 2 atom stereocenters. The van der Waals surface area contributed by atoms with Gasteiger partial charge >= 0.3 is 5.97 Å². The largest absolute Gasteiger partial charge is 0.479 e. The van der Waals surface area contributed by atoms with E-state index in [1.54, 1.807) is 18.2 Å². The molecule has 1 aliphatic carbocycles. The van der Waals surface area contributed by atoms with E-state index < -0.39 is 16.9 Å². The van der Waals surface area contributed by atoms with Gasteiger partial charge in [-0.15, -0.1) is 0 Å². The molecule has 1 fully saturated rings. The van der Waals surface area contributed by atoms with Crippen molar-refractivity contribution in [1.82, 2.24) is 5.32 Å². The Morgan fingerprint density at radius 3 is 2.68 bits per heavy atom. The summed E-state index contributed by atoms with van der Waals surface area (Å²) in [4.78, 5) is 24.4. The lowest BCUT2D eigenvalue weighted by Gasteiger charge is -2.58. The van der Waals surface area contributed by atoms with Crippen LogP contribution in [0.15, 0.2) is 18.2 Å². The van der Waals surface area contributed by atoms with Crippen molar-refractivity contribution < 1.29 is 28.9 Å². The minimum Gasteiger partial charge on any atom is -0.479 e. The van der Waals surface area contributed by atoms with Crippen molar-refractivity contribution in [1.29, 1.82) is 0 Å². The van der Waals surface area contributed by atoms with Crippen LogP contribution in [0.2, 0.25) is 0 Å². The third kappa shape index (κ3) is 2.82. The van der Waals surface area contributed by atoms with E-state index in [4.69, 9.17) is 14.2 Å². The highest BCUT2D eigenvalue weighted by atomic mass is 16.7. The lowest BCUT2D eigenvalue weighted by molar-refractivity contribution is -0.194. The van der Waals surface area contributed by atoms with Crippen molar-refractivity contribution in [2.75, 3.05) is 13.4 Å². The van der Waals surface area contributed by atoms with E-state index in [1.165, 1.54) is 0 Å². The molecular weight excluding hydrogens is 326 g/mol. The maximum Gasteiger partial charge on any atom is 0.330 e. The fraction of sp³-hybridized carbons (Fsp3) is 0.556. The Hall–Kier alpha value is -2.28. The molecule has 2 unspecified atom stereocenters. The summed E-state index contributed by atoms with van der Waals surface area (Å²) in [6, 6.07) is 5.26. The molecule has 7 heteroatoms. The SMILES string of the molecule is CCOC1CC(NC(=O)Cc2ccc3c(c2)OCO3)(C(=O)O)C1(C)C. The average Bonchev–Trinajstić information content (AvgIpc) is 3.01. The topological polar surface area (TPSA) is 94.1 Å². The molecule has 0 radical (unpaired) electrons. The maximum absolute atomic E-state index is 12.5. The van der Waals surface area contributed by atoms with Crippen molar-refractivity contribution in [3.63, 3.8) is 0 Å². The van der Waals surface area contributed by atoms with E-state index in [0.717, 1.165) is 5.56 Å². The summed E-state index contributed by atoms with van der Waals surface area (Å²) in [6.45, 7) is 6.17. The first-order chi connectivity index (χ1) is 11.8. The Balaban J connectivity index is 1.71. The van der Waals surface area contributed by atoms with Crippen LogP contribution < -0.4 is 14.8 Å². The Labute approximate surface area is 146 Å². The van der Waals surface area contributed by atoms with Crippen molar-refractivity contribution in [3.8, 4) is 11.5 Å². The Morgan fingerprint density at radius 2 is 2.04 bits per heavy atom. The van der Waals surface area contributed by atoms with Gasteiger partial charge in [0.15, 0.2) is 11.5 Å². The first kappa shape index (κ1) is 17.5. The third-order valence-electron chi connectivity index (χ3n) is 5.28. The van der Waals surface area contributed by atoms with Gasteiger partial charge in [0.05, 0.1) is 12.5 Å². The van der Waals surface area contributed by atoms with Gasteiger partial charge in [0.2, 0.25) is 12.7 Å². The molecule has 2 N–H and O–H groups in total. The molecule has 0 spiro atoms. The highest BCUT2D eigenvalue weighted by Gasteiger charge is 2.66. The second-order valence-electron chi connectivity index (χ2n) is 6.99. The highest BCUT2D eigenvalue weighted by Crippen LogP contribution is 2.51. The minimum absolute atomic E-state index is 0.0705. The van der Waals surface area contributed by atoms with E-state index in [-0.39, 0.29) is 31.6 Å². The number of carbonyl (C=O) groups excluding carboxylic acids is 1. The van der Waals surface area contributed by atoms with Gasteiger partial charge < -0.3 is 24.6 Å². The lowest BCUT2D eigenvalue weighted by Crippen LogP contribution is -2.76. The number of ether oxygens (including phenoxy) is 3. The van der Waals surface area contributed by atoms with E-state index >= 15 is 0 Å². The zero-order chi connectivity index (χ0) is 18.2. The molecule has 7 nitrogen and oxygen atoms in total. The van der Waals surface area contributed by atoms with Gasteiger partial charge in [0.25, 0.3) is 0 Å².